The molecule has 4 heteroatoms. The second-order valence-electron chi connectivity index (χ2n) is 3.75. The number of rotatable bonds is 3. The number of hydrogen-bond acceptors (Lipinski definition) is 3. The van der Waals surface area contributed by atoms with Crippen molar-refractivity contribution in [1.29, 1.82) is 0 Å². The number of imide groups is 1. The number of aryl methyl sites for hydroxylation is 1. The first-order chi connectivity index (χ1) is 7.16. The molecule has 15 heavy (non-hydrogen) atoms. The van der Waals surface area contributed by atoms with Crippen molar-refractivity contribution in [1.82, 2.24) is 4.90 Å². The average molecular weight is 207 g/mol. The third-order valence-corrected chi connectivity index (χ3v) is 2.56. The number of amides is 2. The molecule has 2 amide bonds. The molecule has 2 heterocycles. The smallest absolute Gasteiger partial charge is 0.229 e. The maximum absolute atomic E-state index is 11.3. The molecule has 0 spiro atoms. The van der Waals surface area contributed by atoms with Crippen LogP contribution >= 0.6 is 0 Å². The van der Waals surface area contributed by atoms with Crippen molar-refractivity contribution in [3.63, 3.8) is 0 Å². The van der Waals surface area contributed by atoms with Crippen LogP contribution in [0.5, 0.6) is 0 Å². The van der Waals surface area contributed by atoms with E-state index in [0.717, 1.165) is 11.3 Å². The zero-order chi connectivity index (χ0) is 10.8. The van der Waals surface area contributed by atoms with Crippen LogP contribution in [0.3, 0.4) is 0 Å². The lowest BCUT2D eigenvalue weighted by Gasteiger charge is -2.12. The third kappa shape index (κ3) is 2.09. The Balaban J connectivity index is 1.93. The second kappa shape index (κ2) is 3.88. The van der Waals surface area contributed by atoms with Gasteiger partial charge in [-0.1, -0.05) is 0 Å². The fourth-order valence-corrected chi connectivity index (χ4v) is 1.74. The van der Waals surface area contributed by atoms with E-state index in [0.29, 0.717) is 25.8 Å². The quantitative estimate of drug-likeness (QED) is 0.701. The van der Waals surface area contributed by atoms with Crippen molar-refractivity contribution in [2.45, 2.75) is 26.2 Å². The molecule has 1 aliphatic rings. The van der Waals surface area contributed by atoms with E-state index in [2.05, 4.69) is 0 Å². The summed E-state index contributed by atoms with van der Waals surface area (Å²) in [5, 5.41) is 0. The van der Waals surface area contributed by atoms with Crippen LogP contribution in [0.1, 0.15) is 24.2 Å². The summed E-state index contributed by atoms with van der Waals surface area (Å²) in [6.45, 7) is 2.34. The van der Waals surface area contributed by atoms with E-state index in [-0.39, 0.29) is 11.8 Å². The topological polar surface area (TPSA) is 50.5 Å². The largest absolute Gasteiger partial charge is 0.469 e. The summed E-state index contributed by atoms with van der Waals surface area (Å²) in [6.07, 6.45) is 3.07. The summed E-state index contributed by atoms with van der Waals surface area (Å²) in [4.78, 5) is 23.9. The Kier molecular flexibility index (Phi) is 2.58. The van der Waals surface area contributed by atoms with Crippen LogP contribution in [-0.4, -0.2) is 23.3 Å². The molecule has 1 fully saturated rings. The minimum Gasteiger partial charge on any atom is -0.469 e. The Bertz CT molecular complexity index is 378. The molecule has 0 saturated carbocycles. The molecule has 0 N–H and O–H groups in total. The summed E-state index contributed by atoms with van der Waals surface area (Å²) in [7, 11) is 0. The van der Waals surface area contributed by atoms with Gasteiger partial charge in [-0.25, -0.2) is 0 Å². The molecule has 80 valence electrons. The molecular formula is C11H13NO3. The van der Waals surface area contributed by atoms with E-state index in [1.54, 1.807) is 6.26 Å². The molecule has 1 aromatic heterocycles. The molecule has 0 atom stereocenters. The van der Waals surface area contributed by atoms with E-state index < -0.39 is 0 Å². The summed E-state index contributed by atoms with van der Waals surface area (Å²) < 4.78 is 5.14. The van der Waals surface area contributed by atoms with E-state index in [4.69, 9.17) is 4.42 Å². The van der Waals surface area contributed by atoms with Gasteiger partial charge in [-0.3, -0.25) is 14.5 Å². The zero-order valence-electron chi connectivity index (χ0n) is 8.66. The van der Waals surface area contributed by atoms with Crippen molar-refractivity contribution >= 4 is 11.8 Å². The molecule has 0 aromatic carbocycles. The number of nitrogens with zero attached hydrogens (tertiary/aromatic N) is 1. The Hall–Kier alpha value is -1.58. The molecule has 2 rings (SSSR count). The first-order valence-electron chi connectivity index (χ1n) is 5.04. The van der Waals surface area contributed by atoms with Crippen molar-refractivity contribution in [2.75, 3.05) is 6.54 Å². The molecular weight excluding hydrogens is 194 g/mol. The third-order valence-electron chi connectivity index (χ3n) is 2.56. The predicted molar refractivity (Wildman–Crippen MR) is 53.1 cm³/mol. The Morgan fingerprint density at radius 2 is 2.00 bits per heavy atom. The van der Waals surface area contributed by atoms with Gasteiger partial charge in [-0.05, 0) is 25.0 Å². The standard InChI is InChI=1S/C11H13NO3/c1-8-6-9(7-15-8)4-5-12-10(13)2-3-11(12)14/h6-7H,2-5H2,1H3. The number of likely N-dealkylation sites (tertiary alicyclic amines) is 1. The molecule has 0 aliphatic carbocycles. The van der Waals surface area contributed by atoms with E-state index >= 15 is 0 Å². The van der Waals surface area contributed by atoms with Gasteiger partial charge in [0.25, 0.3) is 0 Å². The highest BCUT2D eigenvalue weighted by molar-refractivity contribution is 6.01. The predicted octanol–water partition coefficient (Wildman–Crippen LogP) is 1.28. The lowest BCUT2D eigenvalue weighted by atomic mass is 10.2. The van der Waals surface area contributed by atoms with Crippen LogP contribution < -0.4 is 0 Å². The Morgan fingerprint density at radius 3 is 2.53 bits per heavy atom. The lowest BCUT2D eigenvalue weighted by molar-refractivity contribution is -0.138. The van der Waals surface area contributed by atoms with E-state index in [1.165, 1.54) is 4.90 Å². The SMILES string of the molecule is Cc1cc(CCN2C(=O)CCC2=O)co1. The highest BCUT2D eigenvalue weighted by Gasteiger charge is 2.28. The maximum atomic E-state index is 11.3. The Labute approximate surface area is 87.9 Å². The summed E-state index contributed by atoms with van der Waals surface area (Å²) >= 11 is 0. The number of hydrogen-bond donors (Lipinski definition) is 0. The maximum Gasteiger partial charge on any atom is 0.229 e. The minimum atomic E-state index is -0.0554. The lowest BCUT2D eigenvalue weighted by Crippen LogP contribution is -2.30. The first kappa shape index (κ1) is 9.96. The van der Waals surface area contributed by atoms with E-state index in [9.17, 15) is 9.59 Å². The number of furan rings is 1. The van der Waals surface area contributed by atoms with E-state index in [1.807, 2.05) is 13.0 Å². The van der Waals surface area contributed by atoms with Crippen LogP contribution in [0.15, 0.2) is 16.7 Å². The van der Waals surface area contributed by atoms with Gasteiger partial charge in [0.2, 0.25) is 11.8 Å². The first-order valence-corrected chi connectivity index (χ1v) is 5.04. The molecule has 1 saturated heterocycles. The fraction of sp³-hybridized carbons (Fsp3) is 0.455. The average Bonchev–Trinajstić information content (AvgIpc) is 2.73. The van der Waals surface area contributed by atoms with Gasteiger partial charge < -0.3 is 4.42 Å². The zero-order valence-corrected chi connectivity index (χ0v) is 8.66. The molecule has 1 aromatic rings. The van der Waals surface area contributed by atoms with Gasteiger partial charge in [0.15, 0.2) is 0 Å². The van der Waals surface area contributed by atoms with Gasteiger partial charge in [-0.2, -0.15) is 0 Å². The van der Waals surface area contributed by atoms with Crippen LogP contribution in [0, 0.1) is 6.92 Å². The van der Waals surface area contributed by atoms with Gasteiger partial charge in [0, 0.05) is 19.4 Å². The van der Waals surface area contributed by atoms with Crippen molar-refractivity contribution in [2.24, 2.45) is 0 Å². The normalized spacial score (nSPS) is 16.5. The number of carbonyl (C=O) groups excluding carboxylic acids is 2. The van der Waals surface area contributed by atoms with Gasteiger partial charge in [-0.15, -0.1) is 0 Å². The summed E-state index contributed by atoms with van der Waals surface area (Å²) in [5.74, 6) is 0.740. The van der Waals surface area contributed by atoms with Crippen LogP contribution in [0.2, 0.25) is 0 Å². The van der Waals surface area contributed by atoms with Gasteiger partial charge in [0.1, 0.15) is 5.76 Å². The second-order valence-corrected chi connectivity index (χ2v) is 3.75. The molecule has 0 radical (unpaired) electrons. The van der Waals surface area contributed by atoms with Crippen LogP contribution in [-0.2, 0) is 16.0 Å². The fourth-order valence-electron chi connectivity index (χ4n) is 1.74. The summed E-state index contributed by atoms with van der Waals surface area (Å²) in [5.41, 5.74) is 1.03. The van der Waals surface area contributed by atoms with Crippen molar-refractivity contribution in [3.8, 4) is 0 Å². The van der Waals surface area contributed by atoms with Crippen molar-refractivity contribution in [3.05, 3.63) is 23.7 Å². The molecule has 1 aliphatic heterocycles. The molecule has 0 bridgehead atoms. The van der Waals surface area contributed by atoms with Crippen molar-refractivity contribution < 1.29 is 14.0 Å². The Morgan fingerprint density at radius 1 is 1.33 bits per heavy atom. The van der Waals surface area contributed by atoms with Crippen LogP contribution in [0.25, 0.3) is 0 Å². The summed E-state index contributed by atoms with van der Waals surface area (Å²) in [6, 6.07) is 1.92. The monoisotopic (exact) mass is 207 g/mol. The van der Waals surface area contributed by atoms with Gasteiger partial charge in [0.05, 0.1) is 6.26 Å². The number of carbonyl (C=O) groups is 2. The highest BCUT2D eigenvalue weighted by atomic mass is 16.3. The minimum absolute atomic E-state index is 0.0554. The highest BCUT2D eigenvalue weighted by Crippen LogP contribution is 2.13. The van der Waals surface area contributed by atoms with Crippen LogP contribution in [0.4, 0.5) is 0 Å². The molecule has 0 unspecified atom stereocenters. The molecule has 4 nitrogen and oxygen atoms in total. The van der Waals surface area contributed by atoms with Gasteiger partial charge >= 0.3 is 0 Å².